The predicted molar refractivity (Wildman–Crippen MR) is 168 cm³/mol. The van der Waals surface area contributed by atoms with Gasteiger partial charge in [-0.05, 0) is 48.9 Å². The SMILES string of the molecule is COCCOCC(Nc1ccc2c(c1)Sc1cccc(-c3cc(N4CCOCC4)cc(=O)[nH]3)c1S2)c1ccc(C)cn1. The van der Waals surface area contributed by atoms with Gasteiger partial charge in [0.2, 0.25) is 5.56 Å². The zero-order chi connectivity index (χ0) is 28.9. The molecule has 2 aromatic carbocycles. The van der Waals surface area contributed by atoms with E-state index in [2.05, 4.69) is 68.7 Å². The number of morpholine rings is 1. The molecule has 8 nitrogen and oxygen atoms in total. The van der Waals surface area contributed by atoms with E-state index in [9.17, 15) is 4.79 Å². The molecule has 0 radical (unpaired) electrons. The number of fused-ring (bicyclic) bond motifs is 2. The molecule has 42 heavy (non-hydrogen) atoms. The molecule has 2 aliphatic heterocycles. The van der Waals surface area contributed by atoms with Gasteiger partial charge < -0.3 is 29.4 Å². The van der Waals surface area contributed by atoms with Gasteiger partial charge in [0.25, 0.3) is 0 Å². The summed E-state index contributed by atoms with van der Waals surface area (Å²) in [5.41, 5.74) is 5.76. The van der Waals surface area contributed by atoms with Crippen molar-refractivity contribution in [3.05, 3.63) is 88.5 Å². The molecule has 0 spiro atoms. The molecule has 10 heteroatoms. The first-order chi connectivity index (χ1) is 20.6. The number of hydrogen-bond donors (Lipinski definition) is 2. The van der Waals surface area contributed by atoms with E-state index in [0.717, 1.165) is 51.9 Å². The molecule has 0 bridgehead atoms. The van der Waals surface area contributed by atoms with Crippen LogP contribution in [-0.2, 0) is 14.2 Å². The van der Waals surface area contributed by atoms with Crippen molar-refractivity contribution >= 4 is 34.9 Å². The molecule has 1 saturated heterocycles. The molecule has 0 aliphatic carbocycles. The average Bonchev–Trinajstić information content (AvgIpc) is 3.02. The van der Waals surface area contributed by atoms with Crippen LogP contribution in [0.4, 0.5) is 11.4 Å². The van der Waals surface area contributed by atoms with Crippen LogP contribution in [0.3, 0.4) is 0 Å². The Labute approximate surface area is 254 Å². The highest BCUT2D eigenvalue weighted by Crippen LogP contribution is 2.52. The lowest BCUT2D eigenvalue weighted by Crippen LogP contribution is -2.36. The Balaban J connectivity index is 1.24. The lowest BCUT2D eigenvalue weighted by molar-refractivity contribution is 0.0654. The highest BCUT2D eigenvalue weighted by molar-refractivity contribution is 8.05. The summed E-state index contributed by atoms with van der Waals surface area (Å²) in [6.45, 7) is 6.50. The van der Waals surface area contributed by atoms with Crippen LogP contribution in [0.5, 0.6) is 0 Å². The summed E-state index contributed by atoms with van der Waals surface area (Å²) in [4.78, 5) is 27.3. The Hall–Kier alpha value is -3.28. The van der Waals surface area contributed by atoms with Crippen molar-refractivity contribution in [1.29, 1.82) is 0 Å². The highest BCUT2D eigenvalue weighted by atomic mass is 32.2. The highest BCUT2D eigenvalue weighted by Gasteiger charge is 2.23. The maximum Gasteiger partial charge on any atom is 0.250 e. The molecule has 1 fully saturated rings. The first kappa shape index (κ1) is 28.8. The van der Waals surface area contributed by atoms with Crippen molar-refractivity contribution in [2.75, 3.05) is 63.5 Å². The summed E-state index contributed by atoms with van der Waals surface area (Å²) < 4.78 is 16.5. The predicted octanol–water partition coefficient (Wildman–Crippen LogP) is 6.01. The van der Waals surface area contributed by atoms with Crippen molar-refractivity contribution in [2.45, 2.75) is 32.5 Å². The van der Waals surface area contributed by atoms with Crippen LogP contribution in [0.2, 0.25) is 0 Å². The zero-order valence-electron chi connectivity index (χ0n) is 23.7. The fourth-order valence-corrected chi connectivity index (χ4v) is 7.43. The van der Waals surface area contributed by atoms with Crippen molar-refractivity contribution in [1.82, 2.24) is 9.97 Å². The number of benzene rings is 2. The number of hydrogen-bond acceptors (Lipinski definition) is 9. The minimum Gasteiger partial charge on any atom is -0.382 e. The second kappa shape index (κ2) is 13.4. The average molecular weight is 603 g/mol. The molecule has 2 aliphatic rings. The summed E-state index contributed by atoms with van der Waals surface area (Å²) in [5.74, 6) is 0. The molecule has 0 saturated carbocycles. The Morgan fingerprint density at radius 2 is 1.90 bits per heavy atom. The molecule has 4 aromatic rings. The zero-order valence-corrected chi connectivity index (χ0v) is 25.4. The minimum absolute atomic E-state index is 0.0972. The molecular weight excluding hydrogens is 569 g/mol. The molecule has 0 amide bonds. The van der Waals surface area contributed by atoms with E-state index in [1.807, 2.05) is 19.2 Å². The smallest absolute Gasteiger partial charge is 0.250 e. The van der Waals surface area contributed by atoms with Crippen molar-refractivity contribution in [3.8, 4) is 11.3 Å². The van der Waals surface area contributed by atoms with Gasteiger partial charge in [-0.2, -0.15) is 0 Å². The van der Waals surface area contributed by atoms with E-state index >= 15 is 0 Å². The minimum atomic E-state index is -0.101. The second-order valence-corrected chi connectivity index (χ2v) is 12.4. The van der Waals surface area contributed by atoms with Gasteiger partial charge in [-0.1, -0.05) is 41.7 Å². The van der Waals surface area contributed by atoms with Crippen LogP contribution >= 0.6 is 23.5 Å². The number of nitrogens with zero attached hydrogens (tertiary/aromatic N) is 2. The summed E-state index contributed by atoms with van der Waals surface area (Å²) >= 11 is 3.49. The topological polar surface area (TPSA) is 88.7 Å². The molecular formula is C32H34N4O4S2. The standard InChI is InChI=1S/C32H34N4O4S2/c1-21-6-8-25(33-19-21)27(20-40-15-14-38-2)34-22-7-9-28-30(16-22)41-29-5-3-4-24(32(29)42-28)26-17-23(18-31(37)35-26)36-10-12-39-13-11-36/h3-9,16-19,27,34H,10-15,20H2,1-2H3,(H,35,37). The van der Waals surface area contributed by atoms with E-state index in [1.165, 1.54) is 14.7 Å². The number of aromatic nitrogens is 2. The van der Waals surface area contributed by atoms with Crippen molar-refractivity contribution in [2.24, 2.45) is 0 Å². The van der Waals surface area contributed by atoms with E-state index in [0.29, 0.717) is 33.0 Å². The number of aromatic amines is 1. The fraction of sp³-hybridized carbons (Fsp3) is 0.312. The summed E-state index contributed by atoms with van der Waals surface area (Å²) in [7, 11) is 1.67. The second-order valence-electron chi connectivity index (χ2n) is 10.2. The van der Waals surface area contributed by atoms with Crippen LogP contribution in [0.25, 0.3) is 11.3 Å². The Bertz CT molecular complexity index is 1590. The van der Waals surface area contributed by atoms with Crippen LogP contribution in [0.15, 0.2) is 91.2 Å². The summed E-state index contributed by atoms with van der Waals surface area (Å²) in [6, 6.07) is 20.5. The van der Waals surface area contributed by atoms with E-state index in [-0.39, 0.29) is 11.6 Å². The molecule has 2 N–H and O–H groups in total. The molecule has 218 valence electrons. The molecule has 2 aromatic heterocycles. The Morgan fingerprint density at radius 3 is 2.71 bits per heavy atom. The van der Waals surface area contributed by atoms with Gasteiger partial charge in [-0.25, -0.2) is 0 Å². The number of pyridine rings is 2. The Kier molecular flexibility index (Phi) is 9.16. The number of nitrogens with one attached hydrogen (secondary N) is 2. The van der Waals surface area contributed by atoms with Crippen LogP contribution in [0, 0.1) is 6.92 Å². The first-order valence-corrected chi connectivity index (χ1v) is 15.7. The quantitative estimate of drug-likeness (QED) is 0.187. The number of ether oxygens (including phenoxy) is 3. The maximum absolute atomic E-state index is 12.7. The van der Waals surface area contributed by atoms with Gasteiger partial charge in [0.15, 0.2) is 0 Å². The third-order valence-corrected chi connectivity index (χ3v) is 9.79. The third-order valence-electron chi connectivity index (χ3n) is 7.20. The fourth-order valence-electron chi connectivity index (χ4n) is 5.01. The largest absolute Gasteiger partial charge is 0.382 e. The van der Waals surface area contributed by atoms with Gasteiger partial charge >= 0.3 is 0 Å². The molecule has 4 heterocycles. The van der Waals surface area contributed by atoms with Gasteiger partial charge in [-0.15, -0.1) is 0 Å². The monoisotopic (exact) mass is 602 g/mol. The van der Waals surface area contributed by atoms with E-state index < -0.39 is 0 Å². The number of aryl methyl sites for hydroxylation is 1. The molecule has 1 unspecified atom stereocenters. The van der Waals surface area contributed by atoms with Crippen molar-refractivity contribution in [3.63, 3.8) is 0 Å². The number of rotatable bonds is 10. The van der Waals surface area contributed by atoms with E-state index in [1.54, 1.807) is 36.7 Å². The third kappa shape index (κ3) is 6.68. The van der Waals surface area contributed by atoms with Gasteiger partial charge in [0.05, 0.1) is 50.5 Å². The first-order valence-electron chi connectivity index (χ1n) is 14.0. The molecule has 1 atom stereocenters. The normalized spacial score (nSPS) is 15.1. The van der Waals surface area contributed by atoms with Crippen LogP contribution in [-0.4, -0.2) is 63.2 Å². The summed E-state index contributed by atoms with van der Waals surface area (Å²) in [6.07, 6.45) is 1.89. The van der Waals surface area contributed by atoms with Gasteiger partial charge in [0, 0.05) is 69.0 Å². The number of anilines is 2. The lowest BCUT2D eigenvalue weighted by atomic mass is 10.1. The van der Waals surface area contributed by atoms with Gasteiger partial charge in [-0.3, -0.25) is 9.78 Å². The maximum atomic E-state index is 12.7. The summed E-state index contributed by atoms with van der Waals surface area (Å²) in [5, 5.41) is 3.64. The van der Waals surface area contributed by atoms with Gasteiger partial charge in [0.1, 0.15) is 0 Å². The lowest BCUT2D eigenvalue weighted by Gasteiger charge is -2.29. The number of H-pyrrole nitrogens is 1. The molecule has 6 rings (SSSR count). The van der Waals surface area contributed by atoms with Crippen molar-refractivity contribution < 1.29 is 14.2 Å². The van der Waals surface area contributed by atoms with E-state index in [4.69, 9.17) is 14.2 Å². The van der Waals surface area contributed by atoms with Crippen LogP contribution < -0.4 is 15.8 Å². The van der Waals surface area contributed by atoms with Crippen LogP contribution in [0.1, 0.15) is 17.3 Å². The Morgan fingerprint density at radius 1 is 1.02 bits per heavy atom. The number of methoxy groups -OCH3 is 1.